The lowest BCUT2D eigenvalue weighted by Crippen LogP contribution is -2.19. The molecule has 1 amide bonds. The summed E-state index contributed by atoms with van der Waals surface area (Å²) in [6.45, 7) is 4.48. The maximum atomic E-state index is 13.2. The summed E-state index contributed by atoms with van der Waals surface area (Å²) in [4.78, 5) is 16.4. The Balaban J connectivity index is 2.22. The third kappa shape index (κ3) is 3.62. The van der Waals surface area contributed by atoms with Crippen molar-refractivity contribution in [1.82, 2.24) is 4.98 Å². The largest absolute Gasteiger partial charge is 0.505 e. The van der Waals surface area contributed by atoms with Gasteiger partial charge in [-0.3, -0.25) is 9.78 Å². The Hall–Kier alpha value is -2.80. The summed E-state index contributed by atoms with van der Waals surface area (Å²) in [5, 5.41) is 11.4. The minimum Gasteiger partial charge on any atom is -0.505 e. The van der Waals surface area contributed by atoms with Gasteiger partial charge in [0.1, 0.15) is 11.3 Å². The smallest absolute Gasteiger partial charge is 0.252 e. The lowest BCUT2D eigenvalue weighted by molar-refractivity contribution is 0.0997. The SMILES string of the molecule is CCN(SC)c1c(C)c(C(N)=O)c(O)c2ncc(Cc3ccc(F)cc3)cc12. The van der Waals surface area contributed by atoms with Crippen molar-refractivity contribution in [3.05, 3.63) is 64.6 Å². The number of aromatic hydroxyl groups is 1. The van der Waals surface area contributed by atoms with E-state index >= 15 is 0 Å². The molecule has 0 saturated heterocycles. The number of carbonyl (C=O) groups excluding carboxylic acids is 1. The van der Waals surface area contributed by atoms with Crippen LogP contribution in [-0.2, 0) is 6.42 Å². The van der Waals surface area contributed by atoms with Gasteiger partial charge in [0.15, 0.2) is 5.75 Å². The van der Waals surface area contributed by atoms with Gasteiger partial charge < -0.3 is 15.1 Å². The molecule has 3 rings (SSSR count). The maximum absolute atomic E-state index is 13.2. The van der Waals surface area contributed by atoms with Gasteiger partial charge >= 0.3 is 0 Å². The Kier molecular flexibility index (Phi) is 5.74. The quantitative estimate of drug-likeness (QED) is 0.608. The maximum Gasteiger partial charge on any atom is 0.252 e. The molecule has 146 valence electrons. The summed E-state index contributed by atoms with van der Waals surface area (Å²) in [5.74, 6) is -1.16. The Morgan fingerprint density at radius 1 is 1.29 bits per heavy atom. The number of hydrogen-bond donors (Lipinski definition) is 2. The zero-order valence-corrected chi connectivity index (χ0v) is 16.8. The van der Waals surface area contributed by atoms with Crippen LogP contribution in [0.3, 0.4) is 0 Å². The van der Waals surface area contributed by atoms with Crippen molar-refractivity contribution in [3.8, 4) is 5.75 Å². The monoisotopic (exact) mass is 399 g/mol. The van der Waals surface area contributed by atoms with Gasteiger partial charge in [0.05, 0.1) is 11.3 Å². The number of fused-ring (bicyclic) bond motifs is 1. The molecule has 0 unspecified atom stereocenters. The molecule has 1 heterocycles. The second kappa shape index (κ2) is 8.06. The molecule has 3 N–H and O–H groups in total. The standard InChI is InChI=1S/C21H22FN3O2S/c1-4-25(28-3)19-12(2)17(21(23)27)20(26)18-16(19)10-14(11-24-18)9-13-5-7-15(22)8-6-13/h5-8,10-11,26H,4,9H2,1-3H3,(H2,23,27). The number of nitrogens with zero attached hydrogens (tertiary/aromatic N) is 2. The van der Waals surface area contributed by atoms with E-state index in [0.29, 0.717) is 24.0 Å². The predicted octanol–water partition coefficient (Wildman–Crippen LogP) is 4.18. The minimum atomic E-state index is -0.688. The number of halogens is 1. The number of phenols is 1. The molecule has 0 aliphatic rings. The number of rotatable bonds is 6. The second-order valence-electron chi connectivity index (χ2n) is 6.48. The number of amides is 1. The molecule has 0 fully saturated rings. The molecule has 0 aliphatic heterocycles. The van der Waals surface area contributed by atoms with Crippen molar-refractivity contribution in [2.24, 2.45) is 5.73 Å². The number of carbonyl (C=O) groups is 1. The van der Waals surface area contributed by atoms with Gasteiger partial charge in [0.25, 0.3) is 5.91 Å². The van der Waals surface area contributed by atoms with Gasteiger partial charge in [-0.2, -0.15) is 0 Å². The van der Waals surface area contributed by atoms with E-state index in [1.54, 1.807) is 25.3 Å². The van der Waals surface area contributed by atoms with Crippen molar-refractivity contribution in [1.29, 1.82) is 0 Å². The molecule has 0 radical (unpaired) electrons. The highest BCUT2D eigenvalue weighted by atomic mass is 32.2. The molecule has 7 heteroatoms. The van der Waals surface area contributed by atoms with Gasteiger partial charge in [0, 0.05) is 24.4 Å². The van der Waals surface area contributed by atoms with Crippen molar-refractivity contribution in [2.75, 3.05) is 17.1 Å². The summed E-state index contributed by atoms with van der Waals surface area (Å²) in [5.41, 5.74) is 9.25. The van der Waals surface area contributed by atoms with Crippen LogP contribution in [0.25, 0.3) is 10.9 Å². The lowest BCUT2D eigenvalue weighted by Gasteiger charge is -2.25. The lowest BCUT2D eigenvalue weighted by atomic mass is 9.97. The first-order chi connectivity index (χ1) is 13.4. The zero-order chi connectivity index (χ0) is 20.4. The average molecular weight is 399 g/mol. The van der Waals surface area contributed by atoms with Crippen molar-refractivity contribution >= 4 is 34.4 Å². The molecule has 2 aromatic carbocycles. The van der Waals surface area contributed by atoms with Crippen LogP contribution < -0.4 is 10.0 Å². The Labute approximate surface area is 167 Å². The van der Waals surface area contributed by atoms with Crippen LogP contribution in [0, 0.1) is 12.7 Å². The normalized spacial score (nSPS) is 11.0. The molecule has 1 aromatic heterocycles. The minimum absolute atomic E-state index is 0.0915. The molecule has 0 saturated carbocycles. The first kappa shape index (κ1) is 19.9. The van der Waals surface area contributed by atoms with Crippen molar-refractivity contribution in [2.45, 2.75) is 20.3 Å². The molecular formula is C21H22FN3O2S. The van der Waals surface area contributed by atoms with E-state index in [-0.39, 0.29) is 17.1 Å². The van der Waals surface area contributed by atoms with E-state index in [9.17, 15) is 14.3 Å². The summed E-state index contributed by atoms with van der Waals surface area (Å²) in [6.07, 6.45) is 4.18. The summed E-state index contributed by atoms with van der Waals surface area (Å²) in [6, 6.07) is 8.28. The van der Waals surface area contributed by atoms with Crippen LogP contribution in [0.5, 0.6) is 5.75 Å². The van der Waals surface area contributed by atoms with E-state index in [2.05, 4.69) is 4.98 Å². The van der Waals surface area contributed by atoms with Gasteiger partial charge in [0.2, 0.25) is 0 Å². The van der Waals surface area contributed by atoms with Gasteiger partial charge in [-0.15, -0.1) is 0 Å². The predicted molar refractivity (Wildman–Crippen MR) is 112 cm³/mol. The number of benzene rings is 2. The number of nitrogens with two attached hydrogens (primary N) is 1. The molecule has 0 atom stereocenters. The molecule has 5 nitrogen and oxygen atoms in total. The van der Waals surface area contributed by atoms with Crippen LogP contribution in [0.15, 0.2) is 36.5 Å². The van der Waals surface area contributed by atoms with Crippen molar-refractivity contribution < 1.29 is 14.3 Å². The molecule has 0 bridgehead atoms. The van der Waals surface area contributed by atoms with Crippen LogP contribution in [0.2, 0.25) is 0 Å². The summed E-state index contributed by atoms with van der Waals surface area (Å²) < 4.78 is 15.2. The second-order valence-corrected chi connectivity index (χ2v) is 7.29. The molecular weight excluding hydrogens is 377 g/mol. The van der Waals surface area contributed by atoms with Gasteiger partial charge in [-0.05, 0) is 55.2 Å². The number of primary amides is 1. The average Bonchev–Trinajstić information content (AvgIpc) is 2.66. The first-order valence-corrected chi connectivity index (χ1v) is 10.1. The first-order valence-electron chi connectivity index (χ1n) is 8.87. The molecule has 0 spiro atoms. The third-order valence-corrected chi connectivity index (χ3v) is 5.60. The molecule has 3 aromatic rings. The van der Waals surface area contributed by atoms with Crippen molar-refractivity contribution in [3.63, 3.8) is 0 Å². The van der Waals surface area contributed by atoms with E-state index < -0.39 is 5.91 Å². The van der Waals surface area contributed by atoms with Crippen LogP contribution in [0.1, 0.15) is 34.0 Å². The highest BCUT2D eigenvalue weighted by Gasteiger charge is 2.23. The number of anilines is 1. The fourth-order valence-electron chi connectivity index (χ4n) is 3.43. The van der Waals surface area contributed by atoms with E-state index in [1.807, 2.05) is 23.6 Å². The fraction of sp³-hybridized carbons (Fsp3) is 0.238. The van der Waals surface area contributed by atoms with Gasteiger partial charge in [-0.25, -0.2) is 4.39 Å². The topological polar surface area (TPSA) is 79.5 Å². The van der Waals surface area contributed by atoms with Crippen LogP contribution in [0.4, 0.5) is 10.1 Å². The van der Waals surface area contributed by atoms with E-state index in [1.165, 1.54) is 24.1 Å². The summed E-state index contributed by atoms with van der Waals surface area (Å²) in [7, 11) is 0. The number of aromatic nitrogens is 1. The summed E-state index contributed by atoms with van der Waals surface area (Å²) >= 11 is 1.52. The Bertz CT molecular complexity index is 1030. The number of hydrogen-bond acceptors (Lipinski definition) is 5. The van der Waals surface area contributed by atoms with E-state index in [4.69, 9.17) is 5.73 Å². The van der Waals surface area contributed by atoms with E-state index in [0.717, 1.165) is 22.2 Å². The highest BCUT2D eigenvalue weighted by molar-refractivity contribution is 8.00. The highest BCUT2D eigenvalue weighted by Crippen LogP contribution is 2.41. The Morgan fingerprint density at radius 2 is 1.96 bits per heavy atom. The fourth-order valence-corrected chi connectivity index (χ4v) is 4.11. The van der Waals surface area contributed by atoms with Gasteiger partial charge in [-0.1, -0.05) is 24.1 Å². The third-order valence-electron chi connectivity index (χ3n) is 4.72. The molecule has 28 heavy (non-hydrogen) atoms. The molecule has 0 aliphatic carbocycles. The Morgan fingerprint density at radius 3 is 2.54 bits per heavy atom. The zero-order valence-electron chi connectivity index (χ0n) is 16.0. The van der Waals surface area contributed by atoms with Crippen LogP contribution >= 0.6 is 11.9 Å². The van der Waals surface area contributed by atoms with Crippen LogP contribution in [-0.4, -0.2) is 28.8 Å². The number of pyridine rings is 1.